The van der Waals surface area contributed by atoms with E-state index in [4.69, 9.17) is 4.42 Å². The van der Waals surface area contributed by atoms with Gasteiger partial charge in [-0.15, -0.1) is 10.2 Å². The molecule has 0 atom stereocenters. The molecule has 0 bridgehead atoms. The maximum atomic E-state index is 5.22. The second-order valence-electron chi connectivity index (χ2n) is 4.48. The number of furan rings is 1. The van der Waals surface area contributed by atoms with Crippen molar-refractivity contribution >= 4 is 5.69 Å². The molecule has 2 aromatic heterocycles. The van der Waals surface area contributed by atoms with Crippen LogP contribution in [-0.2, 0) is 6.54 Å². The fourth-order valence-electron chi connectivity index (χ4n) is 1.81. The first-order valence-corrected chi connectivity index (χ1v) is 6.43. The van der Waals surface area contributed by atoms with Crippen molar-refractivity contribution in [1.82, 2.24) is 20.2 Å². The molecule has 0 aliphatic carbocycles. The standard InChI is InChI=1S/C14H15N5O/c1-11-4-6-12(7-5-11)15-8-9-19-17-14(16-18-19)13-3-2-10-20-13/h2-7,10,15H,8-9H2,1H3. The Morgan fingerprint density at radius 3 is 2.80 bits per heavy atom. The molecule has 3 rings (SSSR count). The van der Waals surface area contributed by atoms with Gasteiger partial charge in [-0.2, -0.15) is 4.80 Å². The lowest BCUT2D eigenvalue weighted by atomic mass is 10.2. The smallest absolute Gasteiger partial charge is 0.240 e. The Kier molecular flexibility index (Phi) is 3.45. The largest absolute Gasteiger partial charge is 0.461 e. The molecule has 102 valence electrons. The molecule has 20 heavy (non-hydrogen) atoms. The summed E-state index contributed by atoms with van der Waals surface area (Å²) in [6, 6.07) is 11.9. The fraction of sp³-hybridized carbons (Fsp3) is 0.214. The Hall–Kier alpha value is -2.63. The van der Waals surface area contributed by atoms with Gasteiger partial charge in [-0.25, -0.2) is 0 Å². The van der Waals surface area contributed by atoms with E-state index in [-0.39, 0.29) is 0 Å². The Morgan fingerprint density at radius 2 is 2.05 bits per heavy atom. The molecule has 0 fully saturated rings. The number of aromatic nitrogens is 4. The van der Waals surface area contributed by atoms with Crippen LogP contribution in [0.3, 0.4) is 0 Å². The highest BCUT2D eigenvalue weighted by Gasteiger charge is 2.07. The van der Waals surface area contributed by atoms with Crippen LogP contribution < -0.4 is 5.32 Å². The van der Waals surface area contributed by atoms with Crippen molar-refractivity contribution < 1.29 is 4.42 Å². The van der Waals surface area contributed by atoms with Crippen LogP contribution in [0.25, 0.3) is 11.6 Å². The van der Waals surface area contributed by atoms with Gasteiger partial charge in [-0.3, -0.25) is 0 Å². The predicted octanol–water partition coefficient (Wildman–Crippen LogP) is 2.35. The third-order valence-electron chi connectivity index (χ3n) is 2.89. The molecule has 2 heterocycles. The topological polar surface area (TPSA) is 68.8 Å². The van der Waals surface area contributed by atoms with E-state index in [2.05, 4.69) is 51.9 Å². The minimum atomic E-state index is 0.505. The number of nitrogens with one attached hydrogen (secondary N) is 1. The van der Waals surface area contributed by atoms with E-state index < -0.39 is 0 Å². The molecule has 0 aliphatic heterocycles. The van der Waals surface area contributed by atoms with Crippen LogP contribution in [0.5, 0.6) is 0 Å². The molecular formula is C14H15N5O. The number of hydrogen-bond acceptors (Lipinski definition) is 5. The maximum absolute atomic E-state index is 5.22. The molecule has 0 aliphatic rings. The monoisotopic (exact) mass is 269 g/mol. The SMILES string of the molecule is Cc1ccc(NCCn2nnc(-c3ccco3)n2)cc1. The average molecular weight is 269 g/mol. The van der Waals surface area contributed by atoms with Crippen LogP contribution >= 0.6 is 0 Å². The van der Waals surface area contributed by atoms with E-state index in [1.54, 1.807) is 17.1 Å². The Bertz CT molecular complexity index is 657. The first-order valence-electron chi connectivity index (χ1n) is 6.43. The second kappa shape index (κ2) is 5.56. The third-order valence-corrected chi connectivity index (χ3v) is 2.89. The predicted molar refractivity (Wildman–Crippen MR) is 75.2 cm³/mol. The van der Waals surface area contributed by atoms with E-state index in [1.165, 1.54) is 5.56 Å². The van der Waals surface area contributed by atoms with Gasteiger partial charge < -0.3 is 9.73 Å². The van der Waals surface area contributed by atoms with Gasteiger partial charge in [0.05, 0.1) is 12.8 Å². The highest BCUT2D eigenvalue weighted by atomic mass is 16.3. The Balaban J connectivity index is 1.55. The lowest BCUT2D eigenvalue weighted by Crippen LogP contribution is -2.12. The van der Waals surface area contributed by atoms with Gasteiger partial charge in [0.1, 0.15) is 0 Å². The summed E-state index contributed by atoms with van der Waals surface area (Å²) in [5, 5.41) is 15.5. The molecule has 0 radical (unpaired) electrons. The highest BCUT2D eigenvalue weighted by Crippen LogP contribution is 2.13. The van der Waals surface area contributed by atoms with E-state index >= 15 is 0 Å². The van der Waals surface area contributed by atoms with Crippen molar-refractivity contribution in [2.75, 3.05) is 11.9 Å². The van der Waals surface area contributed by atoms with Gasteiger partial charge in [0, 0.05) is 12.2 Å². The van der Waals surface area contributed by atoms with Gasteiger partial charge in [-0.05, 0) is 36.4 Å². The van der Waals surface area contributed by atoms with Crippen molar-refractivity contribution in [3.05, 3.63) is 48.2 Å². The van der Waals surface area contributed by atoms with E-state index in [9.17, 15) is 0 Å². The summed E-state index contributed by atoms with van der Waals surface area (Å²) in [5.41, 5.74) is 2.33. The quantitative estimate of drug-likeness (QED) is 0.770. The number of aryl methyl sites for hydroxylation is 1. The number of benzene rings is 1. The first kappa shape index (κ1) is 12.4. The first-order chi connectivity index (χ1) is 9.81. The van der Waals surface area contributed by atoms with Gasteiger partial charge >= 0.3 is 0 Å². The molecule has 1 N–H and O–H groups in total. The maximum Gasteiger partial charge on any atom is 0.240 e. The van der Waals surface area contributed by atoms with E-state index in [0.29, 0.717) is 18.1 Å². The molecule has 3 aromatic rings. The van der Waals surface area contributed by atoms with Gasteiger partial charge in [0.15, 0.2) is 5.76 Å². The lowest BCUT2D eigenvalue weighted by Gasteiger charge is -2.05. The molecule has 0 saturated carbocycles. The molecule has 6 nitrogen and oxygen atoms in total. The van der Waals surface area contributed by atoms with Gasteiger partial charge in [-0.1, -0.05) is 17.7 Å². The summed E-state index contributed by atoms with van der Waals surface area (Å²) in [5.74, 6) is 1.13. The van der Waals surface area contributed by atoms with Crippen molar-refractivity contribution in [2.24, 2.45) is 0 Å². The summed E-state index contributed by atoms with van der Waals surface area (Å²) in [4.78, 5) is 1.55. The van der Waals surface area contributed by atoms with Crippen LogP contribution in [0.2, 0.25) is 0 Å². The zero-order valence-electron chi connectivity index (χ0n) is 11.2. The van der Waals surface area contributed by atoms with Crippen LogP contribution in [0.4, 0.5) is 5.69 Å². The number of anilines is 1. The number of tetrazole rings is 1. The molecule has 0 amide bonds. The van der Waals surface area contributed by atoms with Gasteiger partial charge in [0.2, 0.25) is 5.82 Å². The lowest BCUT2D eigenvalue weighted by molar-refractivity contribution is 0.537. The summed E-state index contributed by atoms with van der Waals surface area (Å²) in [6.45, 7) is 3.44. The average Bonchev–Trinajstić information content (AvgIpc) is 3.11. The Labute approximate surface area is 116 Å². The molecular weight excluding hydrogens is 254 g/mol. The highest BCUT2D eigenvalue weighted by molar-refractivity contribution is 5.44. The molecule has 0 saturated heterocycles. The van der Waals surface area contributed by atoms with Crippen LogP contribution in [0.1, 0.15) is 5.56 Å². The summed E-state index contributed by atoms with van der Waals surface area (Å²) in [6.07, 6.45) is 1.59. The molecule has 6 heteroatoms. The van der Waals surface area contributed by atoms with Crippen LogP contribution in [0.15, 0.2) is 47.1 Å². The molecule has 0 unspecified atom stereocenters. The van der Waals surface area contributed by atoms with Crippen molar-refractivity contribution in [2.45, 2.75) is 13.5 Å². The molecule has 1 aromatic carbocycles. The van der Waals surface area contributed by atoms with E-state index in [1.807, 2.05) is 6.07 Å². The number of hydrogen-bond donors (Lipinski definition) is 1. The minimum absolute atomic E-state index is 0.505. The van der Waals surface area contributed by atoms with Crippen molar-refractivity contribution in [3.63, 3.8) is 0 Å². The number of rotatable bonds is 5. The Morgan fingerprint density at radius 1 is 1.20 bits per heavy atom. The zero-order valence-corrected chi connectivity index (χ0v) is 11.2. The molecule has 0 spiro atoms. The van der Waals surface area contributed by atoms with Crippen LogP contribution in [0, 0.1) is 6.92 Å². The fourth-order valence-corrected chi connectivity index (χ4v) is 1.81. The second-order valence-corrected chi connectivity index (χ2v) is 4.48. The van der Waals surface area contributed by atoms with Gasteiger partial charge in [0.25, 0.3) is 0 Å². The third kappa shape index (κ3) is 2.85. The van der Waals surface area contributed by atoms with Crippen LogP contribution in [-0.4, -0.2) is 26.8 Å². The number of nitrogens with zero attached hydrogens (tertiary/aromatic N) is 4. The minimum Gasteiger partial charge on any atom is -0.461 e. The van der Waals surface area contributed by atoms with E-state index in [0.717, 1.165) is 12.2 Å². The summed E-state index contributed by atoms with van der Waals surface area (Å²) in [7, 11) is 0. The summed E-state index contributed by atoms with van der Waals surface area (Å²) >= 11 is 0. The van der Waals surface area contributed by atoms with Crippen molar-refractivity contribution in [3.8, 4) is 11.6 Å². The zero-order chi connectivity index (χ0) is 13.8. The van der Waals surface area contributed by atoms with Crippen molar-refractivity contribution in [1.29, 1.82) is 0 Å². The normalized spacial score (nSPS) is 10.7. The summed E-state index contributed by atoms with van der Waals surface area (Å²) < 4.78 is 5.22.